The van der Waals surface area contributed by atoms with Gasteiger partial charge in [0.1, 0.15) is 0 Å². The molecular formula is C17H24N2. The van der Waals surface area contributed by atoms with Gasteiger partial charge in [-0.05, 0) is 43.2 Å². The van der Waals surface area contributed by atoms with Crippen LogP contribution < -0.4 is 5.73 Å². The highest BCUT2D eigenvalue weighted by Crippen LogP contribution is 2.33. The van der Waals surface area contributed by atoms with Gasteiger partial charge >= 0.3 is 0 Å². The average molecular weight is 256 g/mol. The summed E-state index contributed by atoms with van der Waals surface area (Å²) in [6, 6.07) is 9.80. The molecule has 1 aromatic carbocycles. The Morgan fingerprint density at radius 2 is 2.00 bits per heavy atom. The highest BCUT2D eigenvalue weighted by Gasteiger charge is 2.18. The summed E-state index contributed by atoms with van der Waals surface area (Å²) < 4.78 is 2.52. The molecule has 1 aliphatic carbocycles. The summed E-state index contributed by atoms with van der Waals surface area (Å²) in [4.78, 5) is 0. The Kier molecular flexibility index (Phi) is 3.61. The number of fused-ring (bicyclic) bond motifs is 1. The molecular weight excluding hydrogens is 232 g/mol. The van der Waals surface area contributed by atoms with Crippen LogP contribution in [0.25, 0.3) is 10.9 Å². The van der Waals surface area contributed by atoms with Crippen molar-refractivity contribution in [2.24, 2.45) is 5.73 Å². The Morgan fingerprint density at radius 3 is 2.74 bits per heavy atom. The second kappa shape index (κ2) is 5.38. The molecule has 2 aromatic rings. The molecule has 1 fully saturated rings. The second-order valence-electron chi connectivity index (χ2n) is 6.05. The molecule has 0 saturated heterocycles. The molecule has 1 unspecified atom stereocenters. The number of nitrogens with two attached hydrogens (primary N) is 1. The number of benzene rings is 1. The third-order valence-corrected chi connectivity index (χ3v) is 4.33. The first-order chi connectivity index (χ1) is 9.25. The van der Waals surface area contributed by atoms with E-state index in [0.717, 1.165) is 6.42 Å². The van der Waals surface area contributed by atoms with E-state index in [1.54, 1.807) is 0 Å². The molecule has 2 N–H and O–H groups in total. The summed E-state index contributed by atoms with van der Waals surface area (Å²) in [5, 5.41) is 1.36. The quantitative estimate of drug-likeness (QED) is 0.883. The molecule has 0 spiro atoms. The van der Waals surface area contributed by atoms with Gasteiger partial charge in [0.2, 0.25) is 0 Å². The zero-order chi connectivity index (χ0) is 13.2. The zero-order valence-electron chi connectivity index (χ0n) is 11.8. The lowest BCUT2D eigenvalue weighted by Gasteiger charge is -2.25. The van der Waals surface area contributed by atoms with E-state index in [1.807, 2.05) is 0 Å². The van der Waals surface area contributed by atoms with Crippen molar-refractivity contribution < 1.29 is 0 Å². The van der Waals surface area contributed by atoms with Crippen LogP contribution in [-0.2, 0) is 6.42 Å². The van der Waals surface area contributed by atoms with E-state index in [2.05, 4.69) is 42.0 Å². The van der Waals surface area contributed by atoms with Crippen molar-refractivity contribution in [2.75, 3.05) is 0 Å². The summed E-state index contributed by atoms with van der Waals surface area (Å²) in [6.07, 6.45) is 10.1. The van der Waals surface area contributed by atoms with Crippen LogP contribution in [0.1, 0.15) is 50.6 Å². The highest BCUT2D eigenvalue weighted by atomic mass is 15.0. The first kappa shape index (κ1) is 12.7. The molecule has 1 aliphatic rings. The maximum absolute atomic E-state index is 6.00. The fraction of sp³-hybridized carbons (Fsp3) is 0.529. The summed E-state index contributed by atoms with van der Waals surface area (Å²) >= 11 is 0. The number of rotatable bonds is 3. The summed E-state index contributed by atoms with van der Waals surface area (Å²) in [7, 11) is 0. The van der Waals surface area contributed by atoms with Crippen LogP contribution in [0.15, 0.2) is 30.5 Å². The fourth-order valence-electron chi connectivity index (χ4n) is 3.47. The largest absolute Gasteiger partial charge is 0.344 e. The normalized spacial score (nSPS) is 18.8. The van der Waals surface area contributed by atoms with Crippen LogP contribution >= 0.6 is 0 Å². The van der Waals surface area contributed by atoms with Gasteiger partial charge in [0.05, 0.1) is 5.52 Å². The van der Waals surface area contributed by atoms with E-state index in [4.69, 9.17) is 5.73 Å². The number of hydrogen-bond donors (Lipinski definition) is 1. The van der Waals surface area contributed by atoms with Gasteiger partial charge in [-0.2, -0.15) is 0 Å². The van der Waals surface area contributed by atoms with Crippen LogP contribution in [0.3, 0.4) is 0 Å². The van der Waals surface area contributed by atoms with Gasteiger partial charge in [-0.3, -0.25) is 0 Å². The molecule has 0 aliphatic heterocycles. The SMILES string of the molecule is CC(N)Cc1cccc2ccn(C3CCCCC3)c12. The predicted octanol–water partition coefficient (Wildman–Crippen LogP) is 4.04. The molecule has 1 saturated carbocycles. The van der Waals surface area contributed by atoms with Crippen molar-refractivity contribution in [2.45, 2.75) is 57.5 Å². The van der Waals surface area contributed by atoms with Gasteiger partial charge in [-0.1, -0.05) is 37.5 Å². The lowest BCUT2D eigenvalue weighted by atomic mass is 9.95. The minimum atomic E-state index is 0.223. The fourth-order valence-corrected chi connectivity index (χ4v) is 3.47. The van der Waals surface area contributed by atoms with Crippen LogP contribution in [0.4, 0.5) is 0 Å². The van der Waals surface area contributed by atoms with Crippen LogP contribution in [0, 0.1) is 0 Å². The van der Waals surface area contributed by atoms with Gasteiger partial charge in [0.25, 0.3) is 0 Å². The lowest BCUT2D eigenvalue weighted by molar-refractivity contribution is 0.360. The van der Waals surface area contributed by atoms with E-state index in [1.165, 1.54) is 48.6 Å². The second-order valence-corrected chi connectivity index (χ2v) is 6.05. The van der Waals surface area contributed by atoms with Crippen molar-refractivity contribution in [3.63, 3.8) is 0 Å². The van der Waals surface area contributed by atoms with Crippen molar-refractivity contribution in [1.82, 2.24) is 4.57 Å². The summed E-state index contributed by atoms with van der Waals surface area (Å²) in [5.41, 5.74) is 8.83. The van der Waals surface area contributed by atoms with Crippen molar-refractivity contribution in [1.29, 1.82) is 0 Å². The smallest absolute Gasteiger partial charge is 0.0515 e. The van der Waals surface area contributed by atoms with Crippen LogP contribution in [0.2, 0.25) is 0 Å². The topological polar surface area (TPSA) is 30.9 Å². The number of hydrogen-bond acceptors (Lipinski definition) is 1. The van der Waals surface area contributed by atoms with E-state index in [0.29, 0.717) is 6.04 Å². The Labute approximate surface area is 115 Å². The molecule has 0 radical (unpaired) electrons. The maximum Gasteiger partial charge on any atom is 0.0515 e. The van der Waals surface area contributed by atoms with E-state index in [-0.39, 0.29) is 6.04 Å². The lowest BCUT2D eigenvalue weighted by Crippen LogP contribution is -2.19. The van der Waals surface area contributed by atoms with Gasteiger partial charge in [-0.25, -0.2) is 0 Å². The molecule has 2 heteroatoms. The van der Waals surface area contributed by atoms with Crippen molar-refractivity contribution in [3.05, 3.63) is 36.0 Å². The minimum Gasteiger partial charge on any atom is -0.344 e. The standard InChI is InChI=1S/C17H24N2/c1-13(18)12-15-7-5-6-14-10-11-19(17(14)15)16-8-3-2-4-9-16/h5-7,10-11,13,16H,2-4,8-9,12,18H2,1H3. The van der Waals surface area contributed by atoms with Crippen LogP contribution in [0.5, 0.6) is 0 Å². The third-order valence-electron chi connectivity index (χ3n) is 4.33. The molecule has 1 aromatic heterocycles. The number of nitrogens with zero attached hydrogens (tertiary/aromatic N) is 1. The molecule has 19 heavy (non-hydrogen) atoms. The molecule has 102 valence electrons. The molecule has 3 rings (SSSR count). The summed E-state index contributed by atoms with van der Waals surface area (Å²) in [5.74, 6) is 0. The van der Waals surface area contributed by atoms with Gasteiger partial charge < -0.3 is 10.3 Å². The Bertz CT molecular complexity index is 547. The van der Waals surface area contributed by atoms with Gasteiger partial charge in [-0.15, -0.1) is 0 Å². The third kappa shape index (κ3) is 2.55. The monoisotopic (exact) mass is 256 g/mol. The van der Waals surface area contributed by atoms with E-state index in [9.17, 15) is 0 Å². The van der Waals surface area contributed by atoms with Gasteiger partial charge in [0.15, 0.2) is 0 Å². The zero-order valence-corrected chi connectivity index (χ0v) is 11.8. The van der Waals surface area contributed by atoms with E-state index < -0.39 is 0 Å². The Hall–Kier alpha value is -1.28. The molecule has 0 amide bonds. The molecule has 2 nitrogen and oxygen atoms in total. The van der Waals surface area contributed by atoms with Crippen LogP contribution in [-0.4, -0.2) is 10.6 Å². The highest BCUT2D eigenvalue weighted by molar-refractivity contribution is 5.83. The number of para-hydroxylation sites is 1. The Balaban J connectivity index is 2.03. The van der Waals surface area contributed by atoms with Crippen molar-refractivity contribution in [3.8, 4) is 0 Å². The van der Waals surface area contributed by atoms with Crippen molar-refractivity contribution >= 4 is 10.9 Å². The molecule has 1 atom stereocenters. The first-order valence-corrected chi connectivity index (χ1v) is 7.60. The first-order valence-electron chi connectivity index (χ1n) is 7.60. The molecule has 1 heterocycles. The summed E-state index contributed by atoms with van der Waals surface area (Å²) in [6.45, 7) is 2.09. The van der Waals surface area contributed by atoms with E-state index >= 15 is 0 Å². The maximum atomic E-state index is 6.00. The average Bonchev–Trinajstić information content (AvgIpc) is 2.84. The minimum absolute atomic E-state index is 0.223. The van der Waals surface area contributed by atoms with Gasteiger partial charge in [0, 0.05) is 18.3 Å². The predicted molar refractivity (Wildman–Crippen MR) is 81.4 cm³/mol. The Morgan fingerprint density at radius 1 is 1.21 bits per heavy atom. The number of aromatic nitrogens is 1. The molecule has 0 bridgehead atoms.